The van der Waals surface area contributed by atoms with Gasteiger partial charge in [-0.3, -0.25) is 0 Å². The summed E-state index contributed by atoms with van der Waals surface area (Å²) in [5.74, 6) is -0.371. The number of hydrogen-bond donors (Lipinski definition) is 0. The molecule has 1 saturated heterocycles. The third-order valence-electron chi connectivity index (χ3n) is 4.65. The van der Waals surface area contributed by atoms with Gasteiger partial charge in [0.15, 0.2) is 9.84 Å². The van der Waals surface area contributed by atoms with Gasteiger partial charge in [0, 0.05) is 44.0 Å². The molecule has 8 heteroatoms. The summed E-state index contributed by atoms with van der Waals surface area (Å²) in [7, 11) is -3.22. The number of benzene rings is 2. The second kappa shape index (κ2) is 9.00. The van der Waals surface area contributed by atoms with Crippen LogP contribution in [0.3, 0.4) is 0 Å². The van der Waals surface area contributed by atoms with Crippen molar-refractivity contribution >= 4 is 32.9 Å². The number of hydrogen-bond acceptors (Lipinski definition) is 7. The maximum absolute atomic E-state index is 11.5. The molecule has 0 saturated carbocycles. The second-order valence-electron chi connectivity index (χ2n) is 6.81. The van der Waals surface area contributed by atoms with Crippen LogP contribution in [0, 0.1) is 0 Å². The minimum Gasteiger partial charge on any atom is -0.459 e. The quantitative estimate of drug-likeness (QED) is 0.402. The lowest BCUT2D eigenvalue weighted by atomic mass is 10.1. The summed E-state index contributed by atoms with van der Waals surface area (Å²) in [5, 5.41) is 8.35. The summed E-state index contributed by atoms with van der Waals surface area (Å²) >= 11 is 0. The third-order valence-corrected chi connectivity index (χ3v) is 5.78. The fraction of sp³-hybridized carbons (Fsp3) is 0.286. The van der Waals surface area contributed by atoms with Crippen LogP contribution in [0.1, 0.15) is 12.8 Å². The summed E-state index contributed by atoms with van der Waals surface area (Å²) in [5.41, 5.74) is 2.36. The Morgan fingerprint density at radius 1 is 1.03 bits per heavy atom. The zero-order valence-electron chi connectivity index (χ0n) is 16.2. The van der Waals surface area contributed by atoms with Gasteiger partial charge in [0.25, 0.3) is 0 Å². The molecular formula is C21H23N3O4S. The average Bonchev–Trinajstić information content (AvgIpc) is 2.73. The number of carbonyl (C=O) groups excluding carboxylic acids is 1. The maximum Gasteiger partial charge on any atom is 0.330 e. The summed E-state index contributed by atoms with van der Waals surface area (Å²) in [6, 6.07) is 14.0. The molecule has 2 aromatic rings. The molecule has 0 radical (unpaired) electrons. The Kier molecular flexibility index (Phi) is 6.43. The predicted octanol–water partition coefficient (Wildman–Crippen LogP) is 4.20. The lowest BCUT2D eigenvalue weighted by molar-refractivity contribution is -0.143. The Morgan fingerprint density at radius 2 is 1.55 bits per heavy atom. The molecule has 0 spiro atoms. The van der Waals surface area contributed by atoms with Gasteiger partial charge in [-0.1, -0.05) is 6.58 Å². The van der Waals surface area contributed by atoms with Crippen LogP contribution in [-0.4, -0.2) is 39.8 Å². The second-order valence-corrected chi connectivity index (χ2v) is 8.83. The molecule has 0 unspecified atom stereocenters. The first-order valence-corrected chi connectivity index (χ1v) is 11.1. The molecular weight excluding hydrogens is 390 g/mol. The molecule has 1 aliphatic rings. The van der Waals surface area contributed by atoms with Gasteiger partial charge in [-0.15, -0.1) is 0 Å². The lowest BCUT2D eigenvalue weighted by Crippen LogP contribution is -2.37. The Labute approximate surface area is 170 Å². The van der Waals surface area contributed by atoms with E-state index in [2.05, 4.69) is 21.7 Å². The van der Waals surface area contributed by atoms with E-state index in [-0.39, 0.29) is 17.0 Å². The Hall–Kier alpha value is -3.00. The molecule has 1 fully saturated rings. The molecule has 1 aliphatic heterocycles. The molecule has 0 atom stereocenters. The Balaban J connectivity index is 1.57. The van der Waals surface area contributed by atoms with Crippen molar-refractivity contribution in [2.75, 3.05) is 24.2 Å². The summed E-state index contributed by atoms with van der Waals surface area (Å²) in [6.45, 7) is 5.04. The topological polar surface area (TPSA) is 88.4 Å². The number of rotatable bonds is 6. The van der Waals surface area contributed by atoms with Gasteiger partial charge in [0.1, 0.15) is 6.10 Å². The van der Waals surface area contributed by atoms with Gasteiger partial charge >= 0.3 is 5.97 Å². The molecule has 0 bridgehead atoms. The van der Waals surface area contributed by atoms with E-state index in [1.165, 1.54) is 24.5 Å². The molecule has 0 aliphatic carbocycles. The van der Waals surface area contributed by atoms with E-state index >= 15 is 0 Å². The van der Waals surface area contributed by atoms with E-state index in [0.717, 1.165) is 31.6 Å². The van der Waals surface area contributed by atoms with Gasteiger partial charge in [-0.2, -0.15) is 10.2 Å². The largest absolute Gasteiger partial charge is 0.459 e. The van der Waals surface area contributed by atoms with Crippen LogP contribution in [0.25, 0.3) is 0 Å². The van der Waals surface area contributed by atoms with Crippen molar-refractivity contribution in [1.29, 1.82) is 0 Å². The summed E-state index contributed by atoms with van der Waals surface area (Å²) in [6.07, 6.45) is 3.87. The number of carbonyl (C=O) groups is 1. The third kappa shape index (κ3) is 5.74. The van der Waals surface area contributed by atoms with E-state index in [1.54, 1.807) is 12.1 Å². The van der Waals surface area contributed by atoms with Crippen molar-refractivity contribution in [1.82, 2.24) is 0 Å². The highest BCUT2D eigenvalue weighted by molar-refractivity contribution is 7.90. The summed E-state index contributed by atoms with van der Waals surface area (Å²) in [4.78, 5) is 13.8. The molecule has 152 valence electrons. The highest BCUT2D eigenvalue weighted by Crippen LogP contribution is 2.25. The van der Waals surface area contributed by atoms with Crippen LogP contribution < -0.4 is 4.90 Å². The van der Waals surface area contributed by atoms with Gasteiger partial charge < -0.3 is 9.64 Å². The van der Waals surface area contributed by atoms with Crippen molar-refractivity contribution < 1.29 is 17.9 Å². The molecule has 29 heavy (non-hydrogen) atoms. The van der Waals surface area contributed by atoms with E-state index < -0.39 is 9.84 Å². The van der Waals surface area contributed by atoms with Crippen molar-refractivity contribution in [3.63, 3.8) is 0 Å². The van der Waals surface area contributed by atoms with Crippen molar-refractivity contribution in [3.8, 4) is 0 Å². The number of nitrogens with zero attached hydrogens (tertiary/aromatic N) is 3. The normalized spacial score (nSPS) is 15.4. The number of anilines is 1. The van der Waals surface area contributed by atoms with Crippen molar-refractivity contribution in [2.24, 2.45) is 10.2 Å². The van der Waals surface area contributed by atoms with E-state index in [9.17, 15) is 13.2 Å². The van der Waals surface area contributed by atoms with Crippen LogP contribution in [0.5, 0.6) is 0 Å². The minimum atomic E-state index is -3.22. The SMILES string of the molecule is C=CC(=O)OC1CCN(c2ccc(/N=N/c3ccc(S(C)(=O)=O)cc3)cc2)CC1. The maximum atomic E-state index is 11.5. The van der Waals surface area contributed by atoms with Gasteiger partial charge in [-0.05, 0) is 48.5 Å². The number of piperidine rings is 1. The monoisotopic (exact) mass is 413 g/mol. The van der Waals surface area contributed by atoms with Gasteiger partial charge in [-0.25, -0.2) is 13.2 Å². The smallest absolute Gasteiger partial charge is 0.330 e. The lowest BCUT2D eigenvalue weighted by Gasteiger charge is -2.33. The molecule has 2 aromatic carbocycles. The molecule has 1 heterocycles. The highest BCUT2D eigenvalue weighted by atomic mass is 32.2. The van der Waals surface area contributed by atoms with Crippen LogP contribution in [-0.2, 0) is 19.4 Å². The molecule has 0 N–H and O–H groups in total. The number of azo groups is 1. The van der Waals surface area contributed by atoms with Crippen LogP contribution >= 0.6 is 0 Å². The zero-order valence-corrected chi connectivity index (χ0v) is 17.0. The fourth-order valence-electron chi connectivity index (χ4n) is 3.05. The van der Waals surface area contributed by atoms with Crippen LogP contribution in [0.15, 0.2) is 76.3 Å². The van der Waals surface area contributed by atoms with Crippen LogP contribution in [0.2, 0.25) is 0 Å². The predicted molar refractivity (Wildman–Crippen MR) is 112 cm³/mol. The standard InChI is InChI=1S/C21H23N3O4S/c1-3-21(25)28-19-12-14-24(15-13-19)18-8-4-16(5-9-18)22-23-17-6-10-20(11-7-17)29(2,26)27/h3-11,19H,1,12-15H2,2H3/b23-22+. The van der Waals surface area contributed by atoms with Crippen LogP contribution in [0.4, 0.5) is 17.1 Å². The molecule has 3 rings (SSSR count). The molecule has 0 amide bonds. The minimum absolute atomic E-state index is 0.0566. The number of ether oxygens (including phenoxy) is 1. The van der Waals surface area contributed by atoms with E-state index in [1.807, 2.05) is 24.3 Å². The average molecular weight is 413 g/mol. The highest BCUT2D eigenvalue weighted by Gasteiger charge is 2.21. The Morgan fingerprint density at radius 3 is 2.03 bits per heavy atom. The fourth-order valence-corrected chi connectivity index (χ4v) is 3.68. The first-order chi connectivity index (χ1) is 13.8. The first-order valence-electron chi connectivity index (χ1n) is 9.25. The molecule has 0 aromatic heterocycles. The number of sulfone groups is 1. The van der Waals surface area contributed by atoms with Crippen molar-refractivity contribution in [3.05, 3.63) is 61.2 Å². The first kappa shape index (κ1) is 20.7. The summed E-state index contributed by atoms with van der Waals surface area (Å²) < 4.78 is 28.3. The van der Waals surface area contributed by atoms with E-state index in [4.69, 9.17) is 4.74 Å². The Bertz CT molecular complexity index is 991. The van der Waals surface area contributed by atoms with Crippen molar-refractivity contribution in [2.45, 2.75) is 23.8 Å². The van der Waals surface area contributed by atoms with Gasteiger partial charge in [0.05, 0.1) is 16.3 Å². The van der Waals surface area contributed by atoms with Gasteiger partial charge in [0.2, 0.25) is 0 Å². The number of esters is 1. The molecule has 7 nitrogen and oxygen atoms in total. The van der Waals surface area contributed by atoms with E-state index in [0.29, 0.717) is 11.4 Å². The zero-order chi connectivity index (χ0) is 20.9.